The Balaban J connectivity index is 1.94. The average Bonchev–Trinajstić information content (AvgIpc) is 2.85. The van der Waals surface area contributed by atoms with E-state index in [0.29, 0.717) is 5.57 Å². The number of carbonyl (C=O) groups excluding carboxylic acids is 1. The van der Waals surface area contributed by atoms with Crippen molar-refractivity contribution in [3.8, 4) is 0 Å². The first-order valence-electron chi connectivity index (χ1n) is 10.7. The monoisotopic (exact) mass is 436 g/mol. The number of para-hydroxylation sites is 1. The van der Waals surface area contributed by atoms with E-state index in [2.05, 4.69) is 109 Å². The van der Waals surface area contributed by atoms with Gasteiger partial charge in [0, 0.05) is 16.8 Å². The van der Waals surface area contributed by atoms with E-state index in [9.17, 15) is 4.79 Å². The van der Waals surface area contributed by atoms with E-state index in [4.69, 9.17) is 0 Å². The highest BCUT2D eigenvalue weighted by molar-refractivity contribution is 7.95. The Hall–Kier alpha value is -3.48. The Kier molecular flexibility index (Phi) is 6.63. The first kappa shape index (κ1) is 21.7. The highest BCUT2D eigenvalue weighted by Crippen LogP contribution is 2.58. The van der Waals surface area contributed by atoms with Gasteiger partial charge in [-0.25, -0.2) is 0 Å². The SMILES string of the molecule is C=C(C)C(=O)Nc1ccccc1C[P+](c1ccccc1)(c1ccccc1)c1ccccc1. The first-order chi connectivity index (χ1) is 15.6. The van der Waals surface area contributed by atoms with Gasteiger partial charge in [0.15, 0.2) is 0 Å². The number of amides is 1. The lowest BCUT2D eigenvalue weighted by Gasteiger charge is -2.28. The third kappa shape index (κ3) is 4.42. The molecule has 0 radical (unpaired) electrons. The Labute approximate surface area is 191 Å². The summed E-state index contributed by atoms with van der Waals surface area (Å²) < 4.78 is 0. The predicted octanol–water partition coefficient (Wildman–Crippen LogP) is 5.70. The molecule has 32 heavy (non-hydrogen) atoms. The molecular formula is C29H27NOP+. The molecule has 0 aliphatic rings. The summed E-state index contributed by atoms with van der Waals surface area (Å²) in [6.07, 6.45) is 0.803. The quantitative estimate of drug-likeness (QED) is 0.292. The first-order valence-corrected chi connectivity index (χ1v) is 12.7. The van der Waals surface area contributed by atoms with Crippen LogP contribution >= 0.6 is 7.26 Å². The minimum Gasteiger partial charge on any atom is -0.322 e. The van der Waals surface area contributed by atoms with Gasteiger partial charge in [0.1, 0.15) is 29.3 Å². The van der Waals surface area contributed by atoms with Crippen molar-refractivity contribution in [1.29, 1.82) is 0 Å². The van der Waals surface area contributed by atoms with Crippen LogP contribution in [-0.2, 0) is 11.0 Å². The van der Waals surface area contributed by atoms with E-state index in [1.165, 1.54) is 15.9 Å². The standard InChI is InChI=1S/C29H26NOP/c1-23(2)29(31)30-28-21-13-12-14-24(28)22-32(25-15-6-3-7-16-25,26-17-8-4-9-18-26)27-19-10-5-11-20-27/h3-21H,1,22H2,2H3/p+1. The Morgan fingerprint density at radius 1 is 0.688 bits per heavy atom. The van der Waals surface area contributed by atoms with E-state index in [-0.39, 0.29) is 5.91 Å². The predicted molar refractivity (Wildman–Crippen MR) is 139 cm³/mol. The van der Waals surface area contributed by atoms with Crippen molar-refractivity contribution in [1.82, 2.24) is 0 Å². The van der Waals surface area contributed by atoms with Crippen LogP contribution in [0.4, 0.5) is 5.69 Å². The van der Waals surface area contributed by atoms with E-state index < -0.39 is 7.26 Å². The van der Waals surface area contributed by atoms with Gasteiger partial charge in [-0.1, -0.05) is 79.4 Å². The second-order valence-electron chi connectivity index (χ2n) is 7.87. The molecule has 0 saturated heterocycles. The molecule has 0 aliphatic carbocycles. The fourth-order valence-corrected chi connectivity index (χ4v) is 8.31. The van der Waals surface area contributed by atoms with Crippen molar-refractivity contribution in [3.63, 3.8) is 0 Å². The molecule has 4 aromatic carbocycles. The van der Waals surface area contributed by atoms with Crippen LogP contribution in [0.1, 0.15) is 12.5 Å². The molecule has 4 rings (SSSR count). The maximum Gasteiger partial charge on any atom is 0.250 e. The number of benzene rings is 4. The van der Waals surface area contributed by atoms with Crippen LogP contribution in [0.3, 0.4) is 0 Å². The molecule has 158 valence electrons. The molecule has 0 atom stereocenters. The highest BCUT2D eigenvalue weighted by atomic mass is 31.2. The van der Waals surface area contributed by atoms with Crippen LogP contribution in [0, 0.1) is 0 Å². The zero-order chi connectivity index (χ0) is 22.4. The number of carbonyl (C=O) groups is 1. The molecule has 0 heterocycles. The Morgan fingerprint density at radius 3 is 1.53 bits per heavy atom. The lowest BCUT2D eigenvalue weighted by molar-refractivity contribution is -0.112. The largest absolute Gasteiger partial charge is 0.322 e. The third-order valence-electron chi connectivity index (χ3n) is 5.65. The molecule has 0 bridgehead atoms. The number of anilines is 1. The summed E-state index contributed by atoms with van der Waals surface area (Å²) >= 11 is 0. The summed E-state index contributed by atoms with van der Waals surface area (Å²) in [6.45, 7) is 5.52. The van der Waals surface area contributed by atoms with E-state index in [0.717, 1.165) is 17.4 Å². The summed E-state index contributed by atoms with van der Waals surface area (Å²) in [5.74, 6) is -0.152. The number of hydrogen-bond acceptors (Lipinski definition) is 1. The molecule has 0 spiro atoms. The Bertz CT molecular complexity index is 1110. The second kappa shape index (κ2) is 9.77. The van der Waals surface area contributed by atoms with Gasteiger partial charge in [-0.15, -0.1) is 0 Å². The van der Waals surface area contributed by atoms with Crippen LogP contribution in [-0.4, -0.2) is 5.91 Å². The van der Waals surface area contributed by atoms with E-state index in [1.54, 1.807) is 6.92 Å². The van der Waals surface area contributed by atoms with Crippen LogP contribution < -0.4 is 21.2 Å². The lowest BCUT2D eigenvalue weighted by Crippen LogP contribution is -2.32. The number of nitrogens with one attached hydrogen (secondary N) is 1. The van der Waals surface area contributed by atoms with Crippen molar-refractivity contribution >= 4 is 34.8 Å². The average molecular weight is 437 g/mol. The number of rotatable bonds is 7. The topological polar surface area (TPSA) is 29.1 Å². The maximum atomic E-state index is 12.4. The van der Waals surface area contributed by atoms with Gasteiger partial charge in [-0.3, -0.25) is 4.79 Å². The Morgan fingerprint density at radius 2 is 1.09 bits per heavy atom. The second-order valence-corrected chi connectivity index (χ2v) is 11.4. The van der Waals surface area contributed by atoms with E-state index >= 15 is 0 Å². The zero-order valence-corrected chi connectivity index (χ0v) is 19.1. The van der Waals surface area contributed by atoms with Gasteiger partial charge < -0.3 is 5.32 Å². The molecule has 0 fully saturated rings. The summed E-state index contributed by atoms with van der Waals surface area (Å²) in [4.78, 5) is 12.4. The summed E-state index contributed by atoms with van der Waals surface area (Å²) in [7, 11) is -2.04. The van der Waals surface area contributed by atoms with Crippen LogP contribution in [0.25, 0.3) is 0 Å². The van der Waals surface area contributed by atoms with Gasteiger partial charge in [-0.2, -0.15) is 0 Å². The highest BCUT2D eigenvalue weighted by Gasteiger charge is 2.45. The summed E-state index contributed by atoms with van der Waals surface area (Å²) in [5, 5.41) is 7.02. The van der Waals surface area contributed by atoms with Crippen LogP contribution in [0.2, 0.25) is 0 Å². The van der Waals surface area contributed by atoms with Gasteiger partial charge >= 0.3 is 0 Å². The number of hydrogen-bond donors (Lipinski definition) is 1. The van der Waals surface area contributed by atoms with Gasteiger partial charge in [0.05, 0.1) is 0 Å². The van der Waals surface area contributed by atoms with Crippen LogP contribution in [0.15, 0.2) is 127 Å². The van der Waals surface area contributed by atoms with Crippen molar-refractivity contribution in [2.24, 2.45) is 0 Å². The molecule has 0 aromatic heterocycles. The molecule has 0 saturated carbocycles. The van der Waals surface area contributed by atoms with Gasteiger partial charge in [0.2, 0.25) is 0 Å². The van der Waals surface area contributed by atoms with Crippen molar-refractivity contribution in [2.45, 2.75) is 13.1 Å². The van der Waals surface area contributed by atoms with Crippen molar-refractivity contribution < 1.29 is 4.79 Å². The molecule has 1 amide bonds. The molecule has 2 nitrogen and oxygen atoms in total. The van der Waals surface area contributed by atoms with Gasteiger partial charge in [-0.05, 0) is 49.4 Å². The fourth-order valence-electron chi connectivity index (χ4n) is 4.03. The normalized spacial score (nSPS) is 11.0. The summed E-state index contributed by atoms with van der Waals surface area (Å²) in [6, 6.07) is 40.4. The molecule has 4 aromatic rings. The molecule has 0 aliphatic heterocycles. The molecule has 1 N–H and O–H groups in total. The van der Waals surface area contributed by atoms with Crippen molar-refractivity contribution in [2.75, 3.05) is 5.32 Å². The third-order valence-corrected chi connectivity index (χ3v) is 10.0. The smallest absolute Gasteiger partial charge is 0.250 e. The minimum absolute atomic E-state index is 0.152. The zero-order valence-electron chi connectivity index (χ0n) is 18.2. The van der Waals surface area contributed by atoms with Crippen LogP contribution in [0.5, 0.6) is 0 Å². The van der Waals surface area contributed by atoms with E-state index in [1.807, 2.05) is 18.2 Å². The minimum atomic E-state index is -2.04. The molecule has 3 heteroatoms. The summed E-state index contributed by atoms with van der Waals surface area (Å²) in [5.41, 5.74) is 2.45. The lowest BCUT2D eigenvalue weighted by atomic mass is 10.2. The van der Waals surface area contributed by atoms with Gasteiger partial charge in [0.25, 0.3) is 5.91 Å². The molecule has 0 unspecified atom stereocenters. The fraction of sp³-hybridized carbons (Fsp3) is 0.0690. The van der Waals surface area contributed by atoms with Crippen molar-refractivity contribution in [3.05, 3.63) is 133 Å². The maximum absolute atomic E-state index is 12.4. The molecular weight excluding hydrogens is 409 g/mol.